The number of pyridine rings is 2. The van der Waals surface area contributed by atoms with Gasteiger partial charge in [0.1, 0.15) is 11.0 Å². The number of morpholine rings is 2. The Balaban J connectivity index is 0.000000123. The molecule has 10 nitrogen and oxygen atoms in total. The van der Waals surface area contributed by atoms with E-state index in [0.717, 1.165) is 69.8 Å². The van der Waals surface area contributed by atoms with E-state index in [0.29, 0.717) is 29.4 Å². The molecular formula is C30H45ClN8O2. The minimum Gasteiger partial charge on any atom is -0.373 e. The number of nitrogens with zero attached hydrogens (tertiary/aromatic N) is 5. The molecule has 4 bridgehead atoms. The molecule has 2 aromatic rings. The Kier molecular flexibility index (Phi) is 8.62. The molecule has 6 atom stereocenters. The van der Waals surface area contributed by atoms with Crippen LogP contribution in [0.3, 0.4) is 0 Å². The molecule has 0 aliphatic carbocycles. The lowest BCUT2D eigenvalue weighted by Crippen LogP contribution is -2.46. The fraction of sp³-hybridized carbons (Fsp3) is 0.667. The molecule has 11 heteroatoms. The Bertz CT molecular complexity index is 1190. The van der Waals surface area contributed by atoms with Gasteiger partial charge in [-0.1, -0.05) is 11.6 Å². The lowest BCUT2D eigenvalue weighted by atomic mass is 10.2. The summed E-state index contributed by atoms with van der Waals surface area (Å²) in [4.78, 5) is 16.3. The second kappa shape index (κ2) is 12.4. The molecule has 0 amide bonds. The molecule has 0 saturated carbocycles. The maximum absolute atomic E-state index is 5.82. The number of fused-ring (bicyclic) bond motifs is 8. The quantitative estimate of drug-likeness (QED) is 0.430. The van der Waals surface area contributed by atoms with Crippen LogP contribution in [-0.2, 0) is 9.47 Å². The molecule has 2 aromatic heterocycles. The normalized spacial score (nSPS) is 31.0. The molecule has 41 heavy (non-hydrogen) atoms. The van der Waals surface area contributed by atoms with Crippen LogP contribution in [0.4, 0.5) is 28.8 Å². The third-order valence-electron chi connectivity index (χ3n) is 8.51. The van der Waals surface area contributed by atoms with E-state index in [-0.39, 0.29) is 12.2 Å². The number of ether oxygens (including phenoxy) is 2. The number of aromatic nitrogens is 2. The number of nitrogens with one attached hydrogen (secondary N) is 3. The summed E-state index contributed by atoms with van der Waals surface area (Å²) >= 11 is 5.82. The zero-order valence-electron chi connectivity index (χ0n) is 24.8. The number of hydrogen-bond acceptors (Lipinski definition) is 10. The Labute approximate surface area is 249 Å². The van der Waals surface area contributed by atoms with Gasteiger partial charge in [0.05, 0.1) is 35.8 Å². The first kappa shape index (κ1) is 28.6. The molecule has 8 heterocycles. The smallest absolute Gasteiger partial charge is 0.152 e. The van der Waals surface area contributed by atoms with Gasteiger partial charge in [-0.2, -0.15) is 0 Å². The van der Waals surface area contributed by atoms with Crippen LogP contribution >= 0.6 is 11.6 Å². The molecule has 6 aliphatic rings. The lowest BCUT2D eigenvalue weighted by Gasteiger charge is -2.37. The molecule has 4 saturated heterocycles. The molecule has 3 N–H and O–H groups in total. The van der Waals surface area contributed by atoms with Gasteiger partial charge >= 0.3 is 0 Å². The van der Waals surface area contributed by atoms with Gasteiger partial charge in [-0.3, -0.25) is 0 Å². The zero-order valence-corrected chi connectivity index (χ0v) is 25.5. The van der Waals surface area contributed by atoms with Crippen molar-refractivity contribution >= 4 is 40.4 Å². The Morgan fingerprint density at radius 1 is 0.683 bits per heavy atom. The van der Waals surface area contributed by atoms with Gasteiger partial charge < -0.3 is 40.1 Å². The average molecular weight is 585 g/mol. The topological polar surface area (TPSA) is 90.1 Å². The molecule has 6 aliphatic heterocycles. The second-order valence-electron chi connectivity index (χ2n) is 12.3. The Hall–Kier alpha value is -2.53. The van der Waals surface area contributed by atoms with Gasteiger partial charge in [0.25, 0.3) is 0 Å². The van der Waals surface area contributed by atoms with Crippen LogP contribution in [0.1, 0.15) is 40.5 Å². The largest absolute Gasteiger partial charge is 0.373 e. The summed E-state index contributed by atoms with van der Waals surface area (Å²) in [5.41, 5.74) is 2.45. The minimum absolute atomic E-state index is 0.268. The lowest BCUT2D eigenvalue weighted by molar-refractivity contribution is -0.0166. The SMILES string of the molecule is C[C@H]1CN(c2ccc3c(n2)N[C@H]2CCN3C2)C[C@H](C)O1.C[C@H]1CNC[C@H](C)O1.Clc1ccc2c(n1)N[C@H]1CCN2C1. The summed E-state index contributed by atoms with van der Waals surface area (Å²) < 4.78 is 11.2. The van der Waals surface area contributed by atoms with Crippen molar-refractivity contribution in [3.05, 3.63) is 29.4 Å². The summed E-state index contributed by atoms with van der Waals surface area (Å²) in [6.45, 7) is 16.8. The molecule has 224 valence electrons. The van der Waals surface area contributed by atoms with Gasteiger partial charge in [0, 0.05) is 64.4 Å². The number of halogens is 1. The van der Waals surface area contributed by atoms with Crippen molar-refractivity contribution < 1.29 is 9.47 Å². The van der Waals surface area contributed by atoms with Crippen LogP contribution in [0, 0.1) is 0 Å². The van der Waals surface area contributed by atoms with E-state index >= 15 is 0 Å². The maximum atomic E-state index is 5.82. The molecule has 0 aromatic carbocycles. The van der Waals surface area contributed by atoms with E-state index < -0.39 is 0 Å². The van der Waals surface area contributed by atoms with Crippen molar-refractivity contribution in [2.75, 3.05) is 77.7 Å². The van der Waals surface area contributed by atoms with Crippen LogP contribution in [0.5, 0.6) is 0 Å². The first-order valence-electron chi connectivity index (χ1n) is 15.3. The molecule has 0 radical (unpaired) electrons. The van der Waals surface area contributed by atoms with Gasteiger partial charge in [0.15, 0.2) is 11.6 Å². The second-order valence-corrected chi connectivity index (χ2v) is 12.7. The van der Waals surface area contributed by atoms with Gasteiger partial charge in [-0.15, -0.1) is 0 Å². The highest BCUT2D eigenvalue weighted by Gasteiger charge is 2.32. The van der Waals surface area contributed by atoms with E-state index in [1.807, 2.05) is 12.1 Å². The van der Waals surface area contributed by atoms with Crippen molar-refractivity contribution in [3.63, 3.8) is 0 Å². The van der Waals surface area contributed by atoms with Crippen LogP contribution in [-0.4, -0.2) is 98.8 Å². The van der Waals surface area contributed by atoms with Crippen molar-refractivity contribution in [1.29, 1.82) is 0 Å². The third kappa shape index (κ3) is 6.77. The zero-order chi connectivity index (χ0) is 28.5. The van der Waals surface area contributed by atoms with Crippen LogP contribution in [0.2, 0.25) is 5.15 Å². The van der Waals surface area contributed by atoms with E-state index in [1.54, 1.807) is 0 Å². The molecule has 0 unspecified atom stereocenters. The summed E-state index contributed by atoms with van der Waals surface area (Å²) in [5.74, 6) is 3.07. The maximum Gasteiger partial charge on any atom is 0.152 e. The highest BCUT2D eigenvalue weighted by Crippen LogP contribution is 2.36. The number of hydrogen-bond donors (Lipinski definition) is 3. The van der Waals surface area contributed by atoms with Crippen molar-refractivity contribution in [1.82, 2.24) is 15.3 Å². The first-order chi connectivity index (χ1) is 19.8. The summed E-state index contributed by atoms with van der Waals surface area (Å²) in [6, 6.07) is 9.41. The minimum atomic E-state index is 0.268. The predicted octanol–water partition coefficient (Wildman–Crippen LogP) is 3.82. The van der Waals surface area contributed by atoms with Gasteiger partial charge in [0.2, 0.25) is 0 Å². The molecule has 0 spiro atoms. The predicted molar refractivity (Wildman–Crippen MR) is 167 cm³/mol. The highest BCUT2D eigenvalue weighted by molar-refractivity contribution is 6.29. The number of anilines is 5. The average Bonchev–Trinajstić information content (AvgIpc) is 3.51. The van der Waals surface area contributed by atoms with Crippen molar-refractivity contribution in [2.24, 2.45) is 0 Å². The Morgan fingerprint density at radius 3 is 1.78 bits per heavy atom. The first-order valence-corrected chi connectivity index (χ1v) is 15.7. The summed E-state index contributed by atoms with van der Waals surface area (Å²) in [6.07, 6.45) is 3.76. The monoisotopic (exact) mass is 584 g/mol. The van der Waals surface area contributed by atoms with Crippen LogP contribution < -0.4 is 30.7 Å². The summed E-state index contributed by atoms with van der Waals surface area (Å²) in [5, 5.41) is 10.8. The number of rotatable bonds is 1. The Morgan fingerprint density at radius 2 is 1.22 bits per heavy atom. The van der Waals surface area contributed by atoms with E-state index in [9.17, 15) is 0 Å². The molecular weight excluding hydrogens is 540 g/mol. The van der Waals surface area contributed by atoms with Crippen molar-refractivity contribution in [2.45, 2.75) is 77.0 Å². The van der Waals surface area contributed by atoms with Gasteiger partial charge in [-0.05, 0) is 64.8 Å². The molecule has 8 rings (SSSR count). The summed E-state index contributed by atoms with van der Waals surface area (Å²) in [7, 11) is 0. The fourth-order valence-corrected chi connectivity index (χ4v) is 6.84. The van der Waals surface area contributed by atoms with E-state index in [2.05, 4.69) is 75.5 Å². The van der Waals surface area contributed by atoms with E-state index in [1.165, 1.54) is 24.2 Å². The van der Waals surface area contributed by atoms with E-state index in [4.69, 9.17) is 26.1 Å². The van der Waals surface area contributed by atoms with Crippen molar-refractivity contribution in [3.8, 4) is 0 Å². The third-order valence-corrected chi connectivity index (χ3v) is 8.72. The van der Waals surface area contributed by atoms with Crippen LogP contribution in [0.15, 0.2) is 24.3 Å². The van der Waals surface area contributed by atoms with Gasteiger partial charge in [-0.25, -0.2) is 9.97 Å². The standard InChI is InChI=1S/C15H22N4O.C9H10ClN3.C6H13NO/c1-10-7-19(8-11(2)20-10)14-4-3-13-15(17-14)16-12-5-6-18(13)9-12;10-8-2-1-7-9(12-8)11-6-3-4-13(7)5-6;1-5-3-7-4-6(2)8-5/h3-4,10-12H,5-9H2,1-2H3,(H,16,17);1-2,6H,3-5H2,(H,11,12);5-7H,3-4H2,1-2H3/t10-,11-,12-;6-;5-,6-/m000/s1. The molecule has 4 fully saturated rings. The van der Waals surface area contributed by atoms with Crippen LogP contribution in [0.25, 0.3) is 0 Å². The fourth-order valence-electron chi connectivity index (χ4n) is 6.70. The highest BCUT2D eigenvalue weighted by atomic mass is 35.5.